The molecule has 0 radical (unpaired) electrons. The fourth-order valence-electron chi connectivity index (χ4n) is 3.74. The third-order valence-electron chi connectivity index (χ3n) is 5.27. The molecule has 0 spiro atoms. The Bertz CT molecular complexity index is 631. The van der Waals surface area contributed by atoms with Crippen LogP contribution in [0, 0.1) is 16.0 Å². The summed E-state index contributed by atoms with van der Waals surface area (Å²) in [5.74, 6) is 1.43. The largest absolute Gasteiger partial charge is 0.378 e. The predicted octanol–water partition coefficient (Wildman–Crippen LogP) is -0.0719. The summed E-state index contributed by atoms with van der Waals surface area (Å²) in [6.07, 6.45) is 2.27. The Labute approximate surface area is 148 Å². The molecule has 9 nitrogen and oxygen atoms in total. The van der Waals surface area contributed by atoms with Gasteiger partial charge in [-0.05, 0) is 25.7 Å². The smallest absolute Gasteiger partial charge is 0.353 e. The number of nitrogens with two attached hydrogens (primary N) is 1. The summed E-state index contributed by atoms with van der Waals surface area (Å²) in [5, 5.41) is 11.5. The van der Waals surface area contributed by atoms with Crippen molar-refractivity contribution in [3.8, 4) is 0 Å². The summed E-state index contributed by atoms with van der Waals surface area (Å²) >= 11 is 0. The fraction of sp³-hybridized carbons (Fsp3) is 0.750. The molecule has 0 bridgehead atoms. The van der Waals surface area contributed by atoms with Gasteiger partial charge in [0.2, 0.25) is 17.6 Å². The third kappa shape index (κ3) is 3.76. The van der Waals surface area contributed by atoms with E-state index < -0.39 is 4.92 Å². The van der Waals surface area contributed by atoms with Crippen LogP contribution in [0.4, 0.5) is 23.3 Å². The molecule has 1 aromatic heterocycles. The van der Waals surface area contributed by atoms with E-state index in [1.54, 1.807) is 0 Å². The van der Waals surface area contributed by atoms with E-state index in [1.807, 2.05) is 4.90 Å². The molecule has 3 N–H and O–H groups in total. The first-order chi connectivity index (χ1) is 12.0. The Morgan fingerprint density at radius 2 is 2.00 bits per heavy atom. The van der Waals surface area contributed by atoms with Crippen molar-refractivity contribution >= 4 is 23.3 Å². The van der Waals surface area contributed by atoms with Gasteiger partial charge in [-0.15, -0.1) is 0 Å². The molecule has 0 saturated carbocycles. The van der Waals surface area contributed by atoms with Gasteiger partial charge in [0.15, 0.2) is 0 Å². The zero-order chi connectivity index (χ0) is 18.0. The number of rotatable bonds is 4. The Balaban J connectivity index is 1.92. The first kappa shape index (κ1) is 17.7. The highest BCUT2D eigenvalue weighted by atomic mass is 16.6. The number of hydrogen-bond donors (Lipinski definition) is 2. The maximum absolute atomic E-state index is 11.5. The highest BCUT2D eigenvalue weighted by Gasteiger charge is 2.32. The maximum atomic E-state index is 11.5. The number of nitrogens with zero attached hydrogens (tertiary/aromatic N) is 5. The molecule has 1 atom stereocenters. The summed E-state index contributed by atoms with van der Waals surface area (Å²) in [4.78, 5) is 25.5. The van der Waals surface area contributed by atoms with E-state index in [0.717, 1.165) is 52.2 Å². The number of piperazine rings is 1. The minimum absolute atomic E-state index is 0.0338. The van der Waals surface area contributed by atoms with E-state index >= 15 is 0 Å². The predicted molar refractivity (Wildman–Crippen MR) is 97.2 cm³/mol. The molecule has 2 saturated heterocycles. The summed E-state index contributed by atoms with van der Waals surface area (Å²) in [6, 6.07) is 0. The fourth-order valence-corrected chi connectivity index (χ4v) is 3.74. The average Bonchev–Trinajstić information content (AvgIpc) is 2.60. The van der Waals surface area contributed by atoms with Gasteiger partial charge in [0.05, 0.1) is 37.6 Å². The molecule has 138 valence electrons. The summed E-state index contributed by atoms with van der Waals surface area (Å²) in [5.41, 5.74) is 5.81. The summed E-state index contributed by atoms with van der Waals surface area (Å²) in [7, 11) is 0. The Morgan fingerprint density at radius 3 is 2.60 bits per heavy atom. The van der Waals surface area contributed by atoms with Crippen LogP contribution < -0.4 is 20.4 Å². The Hall–Kier alpha value is -2.16. The Kier molecular flexibility index (Phi) is 5.22. The lowest BCUT2D eigenvalue weighted by atomic mass is 10.0. The van der Waals surface area contributed by atoms with Crippen LogP contribution >= 0.6 is 0 Å². The summed E-state index contributed by atoms with van der Waals surface area (Å²) in [6.45, 7) is 10.6. The molecule has 0 unspecified atom stereocenters. The average molecular weight is 350 g/mol. The molecule has 3 rings (SSSR count). The molecular formula is C16H28N7O2+. The van der Waals surface area contributed by atoms with Crippen molar-refractivity contribution in [2.24, 2.45) is 5.92 Å². The van der Waals surface area contributed by atoms with Gasteiger partial charge >= 0.3 is 5.69 Å². The van der Waals surface area contributed by atoms with E-state index in [0.29, 0.717) is 17.7 Å². The zero-order valence-electron chi connectivity index (χ0n) is 15.1. The molecule has 0 aromatic carbocycles. The van der Waals surface area contributed by atoms with Gasteiger partial charge in [-0.3, -0.25) is 10.1 Å². The topological polar surface area (TPSA) is 106 Å². The number of anilines is 3. The highest BCUT2D eigenvalue weighted by Crippen LogP contribution is 2.33. The lowest BCUT2D eigenvalue weighted by Crippen LogP contribution is -3.14. The molecule has 25 heavy (non-hydrogen) atoms. The van der Waals surface area contributed by atoms with Crippen LogP contribution in [0.1, 0.15) is 26.7 Å². The van der Waals surface area contributed by atoms with Gasteiger partial charge in [-0.25, -0.2) is 0 Å². The molecule has 0 amide bonds. The van der Waals surface area contributed by atoms with Crippen molar-refractivity contribution in [1.29, 1.82) is 0 Å². The number of quaternary nitrogens is 1. The van der Waals surface area contributed by atoms with Gasteiger partial charge in [-0.1, -0.05) is 6.92 Å². The Morgan fingerprint density at radius 1 is 1.28 bits per heavy atom. The van der Waals surface area contributed by atoms with E-state index in [2.05, 4.69) is 28.7 Å². The number of likely N-dealkylation sites (N-methyl/N-ethyl adjacent to an activating group) is 1. The van der Waals surface area contributed by atoms with Crippen molar-refractivity contribution in [2.45, 2.75) is 26.7 Å². The van der Waals surface area contributed by atoms with Crippen LogP contribution in [0.5, 0.6) is 0 Å². The van der Waals surface area contributed by atoms with Crippen LogP contribution in [0.25, 0.3) is 0 Å². The quantitative estimate of drug-likeness (QED) is 0.578. The molecule has 2 aliphatic rings. The first-order valence-electron chi connectivity index (χ1n) is 9.15. The summed E-state index contributed by atoms with van der Waals surface area (Å²) < 4.78 is 0. The molecule has 0 aliphatic carbocycles. The number of nitro groups is 1. The molecular weight excluding hydrogens is 322 g/mol. The normalized spacial score (nSPS) is 22.2. The van der Waals surface area contributed by atoms with Crippen LogP contribution in [0.3, 0.4) is 0 Å². The molecule has 9 heteroatoms. The van der Waals surface area contributed by atoms with Crippen LogP contribution in [-0.4, -0.2) is 60.7 Å². The lowest BCUT2D eigenvalue weighted by molar-refractivity contribution is -0.898. The second-order valence-corrected chi connectivity index (χ2v) is 7.12. The highest BCUT2D eigenvalue weighted by molar-refractivity contribution is 5.71. The molecule has 3 heterocycles. The van der Waals surface area contributed by atoms with Crippen molar-refractivity contribution in [2.75, 3.05) is 61.3 Å². The lowest BCUT2D eigenvalue weighted by Gasteiger charge is -2.34. The van der Waals surface area contributed by atoms with Gasteiger partial charge in [0.1, 0.15) is 0 Å². The maximum Gasteiger partial charge on any atom is 0.353 e. The van der Waals surface area contributed by atoms with Crippen LogP contribution in [0.2, 0.25) is 0 Å². The second-order valence-electron chi connectivity index (χ2n) is 7.12. The minimum atomic E-state index is -0.452. The van der Waals surface area contributed by atoms with E-state index in [4.69, 9.17) is 5.73 Å². The number of hydrogen-bond acceptors (Lipinski definition) is 7. The minimum Gasteiger partial charge on any atom is -0.378 e. The van der Waals surface area contributed by atoms with Crippen molar-refractivity contribution in [3.05, 3.63) is 10.1 Å². The van der Waals surface area contributed by atoms with Crippen LogP contribution in [-0.2, 0) is 0 Å². The van der Waals surface area contributed by atoms with E-state index in [9.17, 15) is 10.1 Å². The van der Waals surface area contributed by atoms with Crippen molar-refractivity contribution in [1.82, 2.24) is 9.97 Å². The number of aromatic nitrogens is 2. The van der Waals surface area contributed by atoms with Gasteiger partial charge in [-0.2, -0.15) is 9.97 Å². The number of nitrogens with one attached hydrogen (secondary N) is 1. The van der Waals surface area contributed by atoms with Gasteiger partial charge in [0.25, 0.3) is 0 Å². The van der Waals surface area contributed by atoms with E-state index in [-0.39, 0.29) is 11.5 Å². The van der Waals surface area contributed by atoms with Crippen LogP contribution in [0.15, 0.2) is 0 Å². The zero-order valence-corrected chi connectivity index (χ0v) is 15.1. The monoisotopic (exact) mass is 350 g/mol. The molecule has 2 fully saturated rings. The van der Waals surface area contributed by atoms with E-state index in [1.165, 1.54) is 11.3 Å². The molecule has 1 aromatic rings. The SMILES string of the molecule is CC[NH+]1CCN(c2nc(N3CCC[C@H](C)C3)nc(N)c2[N+](=O)[O-])CC1. The van der Waals surface area contributed by atoms with Crippen molar-refractivity contribution in [3.63, 3.8) is 0 Å². The standard InChI is InChI=1S/C16H27N7O2/c1-3-20-7-9-21(10-8-20)15-13(23(24)25)14(17)18-16(19-15)22-6-4-5-12(2)11-22/h12H,3-11H2,1-2H3,(H2,17,18,19)/p+1/t12-/m0/s1. The number of nitrogen functional groups attached to an aromatic ring is 1. The third-order valence-corrected chi connectivity index (χ3v) is 5.27. The second kappa shape index (κ2) is 7.38. The van der Waals surface area contributed by atoms with Gasteiger partial charge in [0, 0.05) is 13.1 Å². The first-order valence-corrected chi connectivity index (χ1v) is 9.15. The van der Waals surface area contributed by atoms with Gasteiger partial charge < -0.3 is 20.4 Å². The molecule has 2 aliphatic heterocycles. The number of piperidine rings is 1. The van der Waals surface area contributed by atoms with Crippen molar-refractivity contribution < 1.29 is 9.82 Å².